The highest BCUT2D eigenvalue weighted by Gasteiger charge is 2.32. The minimum atomic E-state index is -2.92. The van der Waals surface area contributed by atoms with E-state index in [0.29, 0.717) is 13.0 Å². The van der Waals surface area contributed by atoms with Gasteiger partial charge in [0, 0.05) is 25.2 Å². The van der Waals surface area contributed by atoms with E-state index in [1.54, 1.807) is 0 Å². The Morgan fingerprint density at radius 2 is 2.04 bits per heavy atom. The summed E-state index contributed by atoms with van der Waals surface area (Å²) in [6.07, 6.45) is 2.18. The smallest absolute Gasteiger partial charge is 0.152 e. The fourth-order valence-electron chi connectivity index (χ4n) is 3.02. The summed E-state index contributed by atoms with van der Waals surface area (Å²) >= 11 is 0. The van der Waals surface area contributed by atoms with Crippen LogP contribution in [0.1, 0.15) is 18.9 Å². The van der Waals surface area contributed by atoms with Crippen molar-refractivity contribution < 1.29 is 8.42 Å². The van der Waals surface area contributed by atoms with Crippen LogP contribution in [0, 0.1) is 0 Å². The molecular formula is C17H22N4O2S. The second kappa shape index (κ2) is 7.17. The van der Waals surface area contributed by atoms with Crippen LogP contribution in [0.15, 0.2) is 42.7 Å². The van der Waals surface area contributed by atoms with Crippen LogP contribution in [-0.2, 0) is 16.4 Å². The van der Waals surface area contributed by atoms with Gasteiger partial charge in [-0.1, -0.05) is 30.3 Å². The normalized spacial score (nSPS) is 19.1. The zero-order valence-corrected chi connectivity index (χ0v) is 14.5. The van der Waals surface area contributed by atoms with E-state index in [-0.39, 0.29) is 17.5 Å². The van der Waals surface area contributed by atoms with Crippen molar-refractivity contribution in [3.05, 3.63) is 48.3 Å². The molecule has 1 atom stereocenters. The number of aromatic nitrogens is 2. The van der Waals surface area contributed by atoms with Crippen LogP contribution >= 0.6 is 0 Å². The minimum absolute atomic E-state index is 0.00290. The molecule has 1 saturated heterocycles. The summed E-state index contributed by atoms with van der Waals surface area (Å²) in [4.78, 5) is 10.7. The highest BCUT2D eigenvalue weighted by Crippen LogP contribution is 2.23. The Bertz CT molecular complexity index is 780. The van der Waals surface area contributed by atoms with E-state index in [4.69, 9.17) is 0 Å². The molecule has 0 radical (unpaired) electrons. The number of hydrogen-bond acceptors (Lipinski definition) is 6. The van der Waals surface area contributed by atoms with E-state index >= 15 is 0 Å². The average Bonchev–Trinajstić information content (AvgIpc) is 2.95. The number of rotatable bonds is 6. The van der Waals surface area contributed by atoms with Gasteiger partial charge < -0.3 is 10.2 Å². The SMILES string of the molecule is CCN(c1cc(NCc2ccccc2)ncn1)C1CCS(=O)(=O)C1. The maximum absolute atomic E-state index is 11.7. The molecule has 2 heterocycles. The van der Waals surface area contributed by atoms with Gasteiger partial charge in [-0.25, -0.2) is 18.4 Å². The van der Waals surface area contributed by atoms with Gasteiger partial charge >= 0.3 is 0 Å². The number of nitrogens with one attached hydrogen (secondary N) is 1. The number of hydrogen-bond donors (Lipinski definition) is 1. The summed E-state index contributed by atoms with van der Waals surface area (Å²) in [6.45, 7) is 3.42. The van der Waals surface area contributed by atoms with Gasteiger partial charge in [-0.15, -0.1) is 0 Å². The van der Waals surface area contributed by atoms with E-state index in [2.05, 4.69) is 32.3 Å². The van der Waals surface area contributed by atoms with Gasteiger partial charge in [0.05, 0.1) is 11.5 Å². The summed E-state index contributed by atoms with van der Waals surface area (Å²) in [5.74, 6) is 1.98. The molecule has 6 nitrogen and oxygen atoms in total. The molecule has 128 valence electrons. The molecule has 3 rings (SSSR count). The predicted molar refractivity (Wildman–Crippen MR) is 95.9 cm³/mol. The number of anilines is 2. The van der Waals surface area contributed by atoms with Crippen molar-refractivity contribution >= 4 is 21.5 Å². The van der Waals surface area contributed by atoms with Crippen molar-refractivity contribution in [1.29, 1.82) is 0 Å². The van der Waals surface area contributed by atoms with Crippen LogP contribution in [0.5, 0.6) is 0 Å². The Morgan fingerprint density at radius 1 is 1.25 bits per heavy atom. The Kier molecular flexibility index (Phi) is 4.99. The average molecular weight is 346 g/mol. The van der Waals surface area contributed by atoms with Crippen LogP contribution in [-0.4, -0.2) is 42.5 Å². The predicted octanol–water partition coefficient (Wildman–Crippen LogP) is 2.10. The first kappa shape index (κ1) is 16.7. The molecule has 0 saturated carbocycles. The molecule has 1 aromatic heterocycles. The quantitative estimate of drug-likeness (QED) is 0.863. The van der Waals surface area contributed by atoms with Crippen molar-refractivity contribution in [2.24, 2.45) is 0 Å². The third-order valence-electron chi connectivity index (χ3n) is 4.25. The molecule has 7 heteroatoms. The van der Waals surface area contributed by atoms with Gasteiger partial charge in [-0.2, -0.15) is 0 Å². The Balaban J connectivity index is 1.71. The van der Waals surface area contributed by atoms with Crippen molar-refractivity contribution in [2.75, 3.05) is 28.3 Å². The summed E-state index contributed by atoms with van der Waals surface area (Å²) in [7, 11) is -2.92. The van der Waals surface area contributed by atoms with Gasteiger partial charge in [0.15, 0.2) is 9.84 Å². The van der Waals surface area contributed by atoms with Crippen molar-refractivity contribution in [2.45, 2.75) is 25.9 Å². The van der Waals surface area contributed by atoms with Crippen molar-refractivity contribution in [1.82, 2.24) is 9.97 Å². The van der Waals surface area contributed by atoms with Gasteiger partial charge in [0.25, 0.3) is 0 Å². The first-order valence-corrected chi connectivity index (χ1v) is 9.96. The molecule has 1 aliphatic rings. The molecule has 2 aromatic rings. The highest BCUT2D eigenvalue weighted by atomic mass is 32.2. The molecule has 1 aliphatic heterocycles. The lowest BCUT2D eigenvalue weighted by Crippen LogP contribution is -2.36. The van der Waals surface area contributed by atoms with Gasteiger partial charge in [-0.3, -0.25) is 0 Å². The monoisotopic (exact) mass is 346 g/mol. The maximum Gasteiger partial charge on any atom is 0.152 e. The third kappa shape index (κ3) is 4.03. The summed E-state index contributed by atoms with van der Waals surface area (Å²) in [5.41, 5.74) is 1.17. The molecular weight excluding hydrogens is 324 g/mol. The van der Waals surface area contributed by atoms with Crippen molar-refractivity contribution in [3.63, 3.8) is 0 Å². The van der Waals surface area contributed by atoms with E-state index < -0.39 is 9.84 Å². The first-order valence-electron chi connectivity index (χ1n) is 8.14. The van der Waals surface area contributed by atoms with Gasteiger partial charge in [0.1, 0.15) is 18.0 Å². The number of sulfone groups is 1. The lowest BCUT2D eigenvalue weighted by molar-refractivity contribution is 0.599. The van der Waals surface area contributed by atoms with E-state index in [1.807, 2.05) is 31.2 Å². The van der Waals surface area contributed by atoms with Crippen LogP contribution in [0.25, 0.3) is 0 Å². The molecule has 0 aliphatic carbocycles. The molecule has 0 spiro atoms. The number of nitrogens with zero attached hydrogens (tertiary/aromatic N) is 3. The molecule has 1 fully saturated rings. The van der Waals surface area contributed by atoms with E-state index in [1.165, 1.54) is 11.9 Å². The second-order valence-electron chi connectivity index (χ2n) is 5.94. The van der Waals surface area contributed by atoms with E-state index in [9.17, 15) is 8.42 Å². The second-order valence-corrected chi connectivity index (χ2v) is 8.17. The fourth-order valence-corrected chi connectivity index (χ4v) is 4.75. The summed E-state index contributed by atoms with van der Waals surface area (Å²) in [6, 6.07) is 12.0. The topological polar surface area (TPSA) is 75.2 Å². The number of benzene rings is 1. The minimum Gasteiger partial charge on any atom is -0.366 e. The Labute approximate surface area is 142 Å². The first-order chi connectivity index (χ1) is 11.6. The third-order valence-corrected chi connectivity index (χ3v) is 6.00. The lowest BCUT2D eigenvalue weighted by Gasteiger charge is -2.28. The molecule has 24 heavy (non-hydrogen) atoms. The van der Waals surface area contributed by atoms with Crippen LogP contribution in [0.2, 0.25) is 0 Å². The molecule has 0 bridgehead atoms. The van der Waals surface area contributed by atoms with E-state index in [0.717, 1.165) is 18.2 Å². The highest BCUT2D eigenvalue weighted by molar-refractivity contribution is 7.91. The van der Waals surface area contributed by atoms with Crippen LogP contribution in [0.3, 0.4) is 0 Å². The van der Waals surface area contributed by atoms with Crippen LogP contribution < -0.4 is 10.2 Å². The zero-order valence-electron chi connectivity index (χ0n) is 13.7. The Hall–Kier alpha value is -2.15. The zero-order chi connectivity index (χ0) is 17.0. The summed E-state index contributed by atoms with van der Waals surface area (Å²) in [5, 5.41) is 3.29. The molecule has 0 amide bonds. The largest absolute Gasteiger partial charge is 0.366 e. The van der Waals surface area contributed by atoms with Gasteiger partial charge in [-0.05, 0) is 18.9 Å². The van der Waals surface area contributed by atoms with Crippen LogP contribution in [0.4, 0.5) is 11.6 Å². The standard InChI is InChI=1S/C17H22N4O2S/c1-2-21(15-8-9-24(22,23)12-15)17-10-16(19-13-20-17)18-11-14-6-4-3-5-7-14/h3-7,10,13,15H,2,8-9,11-12H2,1H3,(H,18,19,20). The van der Waals surface area contributed by atoms with Gasteiger partial charge in [0.2, 0.25) is 0 Å². The molecule has 1 aromatic carbocycles. The summed E-state index contributed by atoms with van der Waals surface area (Å²) < 4.78 is 23.5. The fraction of sp³-hybridized carbons (Fsp3) is 0.412. The lowest BCUT2D eigenvalue weighted by atomic mass is 10.2. The van der Waals surface area contributed by atoms with Crippen molar-refractivity contribution in [3.8, 4) is 0 Å². The maximum atomic E-state index is 11.7. The molecule has 1 N–H and O–H groups in total. The Morgan fingerprint density at radius 3 is 2.71 bits per heavy atom. The molecule has 1 unspecified atom stereocenters.